The Labute approximate surface area is 425 Å². The molecular weight excluding hydrogens is 922 g/mol. The van der Waals surface area contributed by atoms with Gasteiger partial charge in [0.2, 0.25) is 0 Å². The molecule has 2 fully saturated rings. The number of benzene rings is 4. The highest BCUT2D eigenvalue weighted by Crippen LogP contribution is 2.34. The zero-order valence-electron chi connectivity index (χ0n) is 41.2. The predicted octanol–water partition coefficient (Wildman–Crippen LogP) is 12.9. The van der Waals surface area contributed by atoms with Gasteiger partial charge in [-0.15, -0.1) is 0 Å². The largest absolute Gasteiger partial charge is 0.489 e. The van der Waals surface area contributed by atoms with Crippen LogP contribution < -0.4 is 9.47 Å². The van der Waals surface area contributed by atoms with Gasteiger partial charge in [0.25, 0.3) is 0 Å². The number of ether oxygens (including phenoxy) is 2. The molecule has 0 aliphatic carbocycles. The molecule has 0 spiro atoms. The van der Waals surface area contributed by atoms with Gasteiger partial charge in [0.05, 0.1) is 23.5 Å². The second-order valence-corrected chi connectivity index (χ2v) is 20.0. The molecule has 2 aromatic heterocycles. The van der Waals surface area contributed by atoms with Crippen molar-refractivity contribution >= 4 is 23.2 Å². The van der Waals surface area contributed by atoms with E-state index in [-0.39, 0.29) is 23.7 Å². The molecule has 2 unspecified atom stereocenters. The van der Waals surface area contributed by atoms with Gasteiger partial charge in [0, 0.05) is 60.7 Å². The van der Waals surface area contributed by atoms with Crippen LogP contribution in [0.25, 0.3) is 0 Å². The van der Waals surface area contributed by atoms with Crippen LogP contribution in [0.5, 0.6) is 11.5 Å². The Bertz CT molecular complexity index is 2250. The van der Waals surface area contributed by atoms with Gasteiger partial charge in [0.1, 0.15) is 13.2 Å². The number of para-hydroxylation sites is 2. The van der Waals surface area contributed by atoms with E-state index in [1.165, 1.54) is 23.3 Å². The van der Waals surface area contributed by atoms with Crippen molar-refractivity contribution in [1.29, 1.82) is 0 Å². The Morgan fingerprint density at radius 1 is 0.514 bits per heavy atom. The van der Waals surface area contributed by atoms with Gasteiger partial charge in [-0.05, 0) is 175 Å². The van der Waals surface area contributed by atoms with Crippen molar-refractivity contribution in [2.45, 2.75) is 77.5 Å². The van der Waals surface area contributed by atoms with Gasteiger partial charge in [-0.2, -0.15) is 0 Å². The molecule has 2 atom stereocenters. The Kier molecular flexibility index (Phi) is 20.4. The highest BCUT2D eigenvalue weighted by molar-refractivity contribution is 6.30. The first-order chi connectivity index (χ1) is 34.0. The quantitative estimate of drug-likeness (QED) is 0.0750. The van der Waals surface area contributed by atoms with E-state index in [2.05, 4.69) is 95.8 Å². The van der Waals surface area contributed by atoms with Gasteiger partial charge in [-0.25, -0.2) is 8.78 Å². The maximum Gasteiger partial charge on any atom is 0.165 e. The first-order valence-corrected chi connectivity index (χ1v) is 25.8. The molecular formula is C58H70Cl2F2N6O2. The standard InChI is InChI=1S/2C29H35ClFN3O/c2*1-22(2)34(29(27-8-5-6-16-32-27)24-10-12-25(30)13-11-24)21-23-14-17-33(18-15-23)19-20-35-28-9-4-3-7-26(28)31/h2*3-13,16,22-23,29H,14-15,17-21H2,1-2H3. The Morgan fingerprint density at radius 3 is 1.20 bits per heavy atom. The van der Waals surface area contributed by atoms with Crippen LogP contribution in [0.15, 0.2) is 146 Å². The van der Waals surface area contributed by atoms with Crippen LogP contribution in [0.3, 0.4) is 0 Å². The Hall–Kier alpha value is -4.94. The summed E-state index contributed by atoms with van der Waals surface area (Å²) in [5, 5.41) is 1.49. The van der Waals surface area contributed by atoms with Gasteiger partial charge in [-0.1, -0.05) is 83.9 Å². The third kappa shape index (κ3) is 15.5. The summed E-state index contributed by atoms with van der Waals surface area (Å²) in [4.78, 5) is 19.5. The molecule has 0 saturated carbocycles. The lowest BCUT2D eigenvalue weighted by molar-refractivity contribution is 0.0979. The number of hydrogen-bond acceptors (Lipinski definition) is 8. The van der Waals surface area contributed by atoms with Crippen molar-refractivity contribution in [3.8, 4) is 11.5 Å². The third-order valence-electron chi connectivity index (χ3n) is 13.7. The highest BCUT2D eigenvalue weighted by Gasteiger charge is 2.32. The number of likely N-dealkylation sites (tertiary alicyclic amines) is 2. The van der Waals surface area contributed by atoms with Crippen molar-refractivity contribution in [2.75, 3.05) is 65.6 Å². The van der Waals surface area contributed by atoms with E-state index in [4.69, 9.17) is 42.6 Å². The number of aromatic nitrogens is 2. The first kappa shape index (κ1) is 52.9. The fourth-order valence-electron chi connectivity index (χ4n) is 9.73. The van der Waals surface area contributed by atoms with Crippen molar-refractivity contribution in [1.82, 2.24) is 29.6 Å². The van der Waals surface area contributed by atoms with Crippen LogP contribution in [-0.4, -0.2) is 107 Å². The number of halogens is 4. The van der Waals surface area contributed by atoms with E-state index in [9.17, 15) is 8.78 Å². The predicted molar refractivity (Wildman–Crippen MR) is 281 cm³/mol. The molecule has 70 heavy (non-hydrogen) atoms. The molecule has 0 N–H and O–H groups in total. The van der Waals surface area contributed by atoms with Crippen LogP contribution in [0.2, 0.25) is 10.0 Å². The molecule has 4 heterocycles. The lowest BCUT2D eigenvalue weighted by Crippen LogP contribution is -2.43. The van der Waals surface area contributed by atoms with Crippen molar-refractivity contribution < 1.29 is 18.3 Å². The Morgan fingerprint density at radius 2 is 0.871 bits per heavy atom. The molecule has 4 aromatic carbocycles. The lowest BCUT2D eigenvalue weighted by atomic mass is 9.93. The lowest BCUT2D eigenvalue weighted by Gasteiger charge is -2.40. The topological polar surface area (TPSA) is 57.2 Å². The SMILES string of the molecule is CC(C)N(CC1CCN(CCOc2ccccc2F)CC1)C(c1ccc(Cl)cc1)c1ccccn1.CC(C)N(CC1CCN(CCOc2ccccc2F)CC1)C(c1ccc(Cl)cc1)c1ccccn1. The summed E-state index contributed by atoms with van der Waals surface area (Å²) in [6.07, 6.45) is 8.30. The van der Waals surface area contributed by atoms with Crippen LogP contribution in [0.4, 0.5) is 8.78 Å². The minimum atomic E-state index is -0.303. The average molecular weight is 992 g/mol. The third-order valence-corrected chi connectivity index (χ3v) is 14.2. The average Bonchev–Trinajstić information content (AvgIpc) is 3.37. The van der Waals surface area contributed by atoms with E-state index in [0.29, 0.717) is 48.6 Å². The van der Waals surface area contributed by atoms with Crippen LogP contribution >= 0.6 is 23.2 Å². The molecule has 0 radical (unpaired) electrons. The number of piperidine rings is 2. The van der Waals surface area contributed by atoms with Crippen molar-refractivity contribution in [3.05, 3.63) is 190 Å². The smallest absolute Gasteiger partial charge is 0.165 e. The van der Waals surface area contributed by atoms with Gasteiger partial charge in [-0.3, -0.25) is 29.6 Å². The molecule has 8 rings (SSSR count). The monoisotopic (exact) mass is 990 g/mol. The van der Waals surface area contributed by atoms with Crippen LogP contribution in [0.1, 0.15) is 88.0 Å². The number of nitrogens with zero attached hydrogens (tertiary/aromatic N) is 6. The van der Waals surface area contributed by atoms with Gasteiger partial charge in [0.15, 0.2) is 23.1 Å². The van der Waals surface area contributed by atoms with E-state index in [0.717, 1.165) is 99.5 Å². The summed E-state index contributed by atoms with van der Waals surface area (Å²) in [6.45, 7) is 17.9. The zero-order chi connectivity index (χ0) is 49.2. The fourth-order valence-corrected chi connectivity index (χ4v) is 9.99. The van der Waals surface area contributed by atoms with E-state index < -0.39 is 0 Å². The Balaban J connectivity index is 0.000000206. The molecule has 2 saturated heterocycles. The van der Waals surface area contributed by atoms with E-state index in [1.54, 1.807) is 36.4 Å². The number of rotatable bonds is 20. The molecule has 2 aliphatic rings. The van der Waals surface area contributed by atoms with Crippen LogP contribution in [-0.2, 0) is 0 Å². The summed E-state index contributed by atoms with van der Waals surface area (Å²) in [5.74, 6) is 1.28. The molecule has 0 bridgehead atoms. The summed E-state index contributed by atoms with van der Waals surface area (Å²) in [7, 11) is 0. The molecule has 2 aliphatic heterocycles. The fraction of sp³-hybridized carbons (Fsp3) is 0.414. The van der Waals surface area contributed by atoms with E-state index in [1.807, 2.05) is 48.8 Å². The zero-order valence-corrected chi connectivity index (χ0v) is 42.7. The maximum atomic E-state index is 13.8. The summed E-state index contributed by atoms with van der Waals surface area (Å²) < 4.78 is 38.9. The first-order valence-electron chi connectivity index (χ1n) is 25.1. The summed E-state index contributed by atoms with van der Waals surface area (Å²) >= 11 is 12.4. The molecule has 12 heteroatoms. The maximum absolute atomic E-state index is 13.8. The highest BCUT2D eigenvalue weighted by atomic mass is 35.5. The van der Waals surface area contributed by atoms with Crippen molar-refractivity contribution in [2.24, 2.45) is 11.8 Å². The molecule has 372 valence electrons. The number of hydrogen-bond donors (Lipinski definition) is 0. The summed E-state index contributed by atoms with van der Waals surface area (Å²) in [5.41, 5.74) is 4.55. The molecule has 0 amide bonds. The van der Waals surface area contributed by atoms with E-state index >= 15 is 0 Å². The molecule has 8 nitrogen and oxygen atoms in total. The second-order valence-electron chi connectivity index (χ2n) is 19.1. The van der Waals surface area contributed by atoms with Crippen LogP contribution in [0, 0.1) is 23.5 Å². The minimum absolute atomic E-state index is 0.0839. The van der Waals surface area contributed by atoms with Gasteiger partial charge >= 0.3 is 0 Å². The number of pyridine rings is 2. The summed E-state index contributed by atoms with van der Waals surface area (Å²) in [6, 6.07) is 42.7. The van der Waals surface area contributed by atoms with Crippen molar-refractivity contribution in [3.63, 3.8) is 0 Å². The van der Waals surface area contributed by atoms with Gasteiger partial charge < -0.3 is 9.47 Å². The second kappa shape index (κ2) is 27.0. The normalized spacial score (nSPS) is 16.1. The molecule has 6 aromatic rings. The minimum Gasteiger partial charge on any atom is -0.489 e.